The molecule has 1 fully saturated rings. The molecule has 1 unspecified atom stereocenters. The largest absolute Gasteiger partial charge is 0.357 e. The predicted molar refractivity (Wildman–Crippen MR) is 80.7 cm³/mol. The molecule has 1 aliphatic rings. The third kappa shape index (κ3) is 3.18. The normalized spacial score (nSPS) is 18.0. The van der Waals surface area contributed by atoms with E-state index in [9.17, 15) is 4.79 Å². The monoisotopic (exact) mass is 282 g/mol. The van der Waals surface area contributed by atoms with Gasteiger partial charge in [-0.1, -0.05) is 29.8 Å². The molecule has 1 amide bonds. The minimum Gasteiger partial charge on any atom is -0.357 e. The number of anilines is 1. The number of nitrogens with one attached hydrogen (secondary N) is 1. The molecular formula is C16H18N4O. The summed E-state index contributed by atoms with van der Waals surface area (Å²) in [6.45, 7) is 3.49. The Morgan fingerprint density at radius 3 is 2.81 bits per heavy atom. The zero-order valence-electron chi connectivity index (χ0n) is 12.0. The van der Waals surface area contributed by atoms with Crippen LogP contribution in [0.3, 0.4) is 0 Å². The predicted octanol–water partition coefficient (Wildman–Crippen LogP) is 2.00. The lowest BCUT2D eigenvalue weighted by atomic mass is 10.1. The second kappa shape index (κ2) is 5.91. The van der Waals surface area contributed by atoms with Crippen LogP contribution in [0.1, 0.15) is 17.5 Å². The van der Waals surface area contributed by atoms with Crippen molar-refractivity contribution < 1.29 is 4.79 Å². The highest BCUT2D eigenvalue weighted by molar-refractivity contribution is 5.86. The molecule has 2 heterocycles. The van der Waals surface area contributed by atoms with E-state index in [1.54, 1.807) is 18.6 Å². The second-order valence-corrected chi connectivity index (χ2v) is 5.32. The van der Waals surface area contributed by atoms with Crippen molar-refractivity contribution in [3.8, 4) is 0 Å². The number of carbonyl (C=O) groups excluding carboxylic acids is 1. The van der Waals surface area contributed by atoms with E-state index < -0.39 is 0 Å². The summed E-state index contributed by atoms with van der Waals surface area (Å²) in [6, 6.07) is 8.10. The summed E-state index contributed by atoms with van der Waals surface area (Å²) in [5.74, 6) is 0.772. The van der Waals surface area contributed by atoms with Gasteiger partial charge in [-0.05, 0) is 18.9 Å². The fourth-order valence-electron chi connectivity index (χ4n) is 2.50. The number of benzene rings is 1. The molecule has 1 N–H and O–H groups in total. The molecule has 3 rings (SSSR count). The number of aromatic nitrogens is 2. The van der Waals surface area contributed by atoms with E-state index in [1.165, 1.54) is 5.56 Å². The molecule has 21 heavy (non-hydrogen) atoms. The van der Waals surface area contributed by atoms with Crippen LogP contribution in [0.5, 0.6) is 0 Å². The maximum Gasteiger partial charge on any atom is 0.245 e. The first-order valence-corrected chi connectivity index (χ1v) is 7.09. The van der Waals surface area contributed by atoms with Crippen LogP contribution in [0.4, 0.5) is 5.82 Å². The molecular weight excluding hydrogens is 264 g/mol. The highest BCUT2D eigenvalue weighted by Gasteiger charge is 2.31. The van der Waals surface area contributed by atoms with Gasteiger partial charge in [-0.2, -0.15) is 0 Å². The molecule has 0 radical (unpaired) electrons. The number of likely N-dealkylation sites (tertiary alicyclic amines) is 1. The Labute approximate surface area is 124 Å². The fourth-order valence-corrected chi connectivity index (χ4v) is 2.50. The quantitative estimate of drug-likeness (QED) is 0.932. The topological polar surface area (TPSA) is 58.1 Å². The third-order valence-electron chi connectivity index (χ3n) is 3.68. The van der Waals surface area contributed by atoms with Gasteiger partial charge in [0.05, 0.1) is 6.20 Å². The van der Waals surface area contributed by atoms with Crippen LogP contribution < -0.4 is 5.32 Å². The van der Waals surface area contributed by atoms with Gasteiger partial charge in [-0.15, -0.1) is 0 Å². The summed E-state index contributed by atoms with van der Waals surface area (Å²) in [5, 5.41) is 3.15. The SMILES string of the molecule is Cc1ccc(CN2CCC(Nc3cnccn3)C2=O)cc1. The Morgan fingerprint density at radius 2 is 2.10 bits per heavy atom. The number of aryl methyl sites for hydroxylation is 1. The smallest absolute Gasteiger partial charge is 0.245 e. The fraction of sp³-hybridized carbons (Fsp3) is 0.312. The van der Waals surface area contributed by atoms with Gasteiger partial charge in [0.1, 0.15) is 11.9 Å². The zero-order valence-corrected chi connectivity index (χ0v) is 12.0. The number of hydrogen-bond acceptors (Lipinski definition) is 4. The van der Waals surface area contributed by atoms with E-state index in [1.807, 2.05) is 4.90 Å². The van der Waals surface area contributed by atoms with Crippen LogP contribution in [-0.4, -0.2) is 33.4 Å². The van der Waals surface area contributed by atoms with Crippen LogP contribution >= 0.6 is 0 Å². The number of amides is 1. The van der Waals surface area contributed by atoms with E-state index in [0.29, 0.717) is 12.4 Å². The third-order valence-corrected chi connectivity index (χ3v) is 3.68. The molecule has 0 bridgehead atoms. The van der Waals surface area contributed by atoms with E-state index >= 15 is 0 Å². The second-order valence-electron chi connectivity index (χ2n) is 5.32. The van der Waals surface area contributed by atoms with Crippen LogP contribution in [0.25, 0.3) is 0 Å². The molecule has 1 aromatic carbocycles. The van der Waals surface area contributed by atoms with Crippen LogP contribution in [0.15, 0.2) is 42.9 Å². The lowest BCUT2D eigenvalue weighted by Gasteiger charge is -2.17. The van der Waals surface area contributed by atoms with Crippen molar-refractivity contribution in [3.63, 3.8) is 0 Å². The molecule has 1 aromatic heterocycles. The molecule has 2 aromatic rings. The van der Waals surface area contributed by atoms with Crippen molar-refractivity contribution in [2.24, 2.45) is 0 Å². The molecule has 1 atom stereocenters. The number of hydrogen-bond donors (Lipinski definition) is 1. The number of carbonyl (C=O) groups is 1. The lowest BCUT2D eigenvalue weighted by Crippen LogP contribution is -2.33. The molecule has 0 saturated carbocycles. The van der Waals surface area contributed by atoms with Gasteiger partial charge in [0.15, 0.2) is 0 Å². The van der Waals surface area contributed by atoms with E-state index in [4.69, 9.17) is 0 Å². The summed E-state index contributed by atoms with van der Waals surface area (Å²) in [6.07, 6.45) is 5.66. The number of nitrogens with zero attached hydrogens (tertiary/aromatic N) is 3. The van der Waals surface area contributed by atoms with Gasteiger partial charge in [0.25, 0.3) is 0 Å². The molecule has 0 spiro atoms. The molecule has 108 valence electrons. The maximum atomic E-state index is 12.4. The van der Waals surface area contributed by atoms with Crippen molar-refractivity contribution >= 4 is 11.7 Å². The Kier molecular flexibility index (Phi) is 3.81. The van der Waals surface area contributed by atoms with Gasteiger partial charge in [-0.25, -0.2) is 4.98 Å². The summed E-state index contributed by atoms with van der Waals surface area (Å²) < 4.78 is 0. The Balaban J connectivity index is 1.62. The van der Waals surface area contributed by atoms with Gasteiger partial charge in [0.2, 0.25) is 5.91 Å². The van der Waals surface area contributed by atoms with Gasteiger partial charge >= 0.3 is 0 Å². The summed E-state index contributed by atoms with van der Waals surface area (Å²) in [7, 11) is 0. The zero-order chi connectivity index (χ0) is 14.7. The Bertz CT molecular complexity index is 612. The van der Waals surface area contributed by atoms with E-state index in [-0.39, 0.29) is 11.9 Å². The van der Waals surface area contributed by atoms with Crippen molar-refractivity contribution in [2.45, 2.75) is 25.9 Å². The van der Waals surface area contributed by atoms with Crippen LogP contribution in [0, 0.1) is 6.92 Å². The highest BCUT2D eigenvalue weighted by atomic mass is 16.2. The highest BCUT2D eigenvalue weighted by Crippen LogP contribution is 2.18. The standard InChI is InChI=1S/C16H18N4O/c1-12-2-4-13(5-3-12)11-20-9-6-14(16(20)21)19-15-10-17-7-8-18-15/h2-5,7-8,10,14H,6,9,11H2,1H3,(H,18,19). The maximum absolute atomic E-state index is 12.4. The van der Waals surface area contributed by atoms with E-state index in [0.717, 1.165) is 18.5 Å². The Morgan fingerprint density at radius 1 is 1.29 bits per heavy atom. The van der Waals surface area contributed by atoms with Crippen LogP contribution in [-0.2, 0) is 11.3 Å². The summed E-state index contributed by atoms with van der Waals surface area (Å²) in [5.41, 5.74) is 2.39. The van der Waals surface area contributed by atoms with Gasteiger partial charge in [-0.3, -0.25) is 9.78 Å². The molecule has 1 saturated heterocycles. The Hall–Kier alpha value is -2.43. The van der Waals surface area contributed by atoms with E-state index in [2.05, 4.69) is 46.5 Å². The van der Waals surface area contributed by atoms with Gasteiger partial charge < -0.3 is 10.2 Å². The average Bonchev–Trinajstić information content (AvgIpc) is 2.84. The first-order valence-electron chi connectivity index (χ1n) is 7.09. The van der Waals surface area contributed by atoms with Gasteiger partial charge in [0, 0.05) is 25.5 Å². The summed E-state index contributed by atoms with van der Waals surface area (Å²) >= 11 is 0. The molecule has 5 nitrogen and oxygen atoms in total. The van der Waals surface area contributed by atoms with Crippen LogP contribution in [0.2, 0.25) is 0 Å². The molecule has 1 aliphatic heterocycles. The summed E-state index contributed by atoms with van der Waals surface area (Å²) in [4.78, 5) is 22.4. The minimum atomic E-state index is -0.202. The van der Waals surface area contributed by atoms with Crippen molar-refractivity contribution in [3.05, 3.63) is 54.0 Å². The first kappa shape index (κ1) is 13.5. The lowest BCUT2D eigenvalue weighted by molar-refractivity contribution is -0.128. The molecule has 5 heteroatoms. The average molecular weight is 282 g/mol. The molecule has 0 aliphatic carbocycles. The van der Waals surface area contributed by atoms with Crippen molar-refractivity contribution in [1.29, 1.82) is 0 Å². The first-order chi connectivity index (χ1) is 10.2. The minimum absolute atomic E-state index is 0.126. The number of rotatable bonds is 4. The van der Waals surface area contributed by atoms with Crippen molar-refractivity contribution in [1.82, 2.24) is 14.9 Å². The van der Waals surface area contributed by atoms with Crippen molar-refractivity contribution in [2.75, 3.05) is 11.9 Å².